The summed E-state index contributed by atoms with van der Waals surface area (Å²) in [6.45, 7) is 5.37. The summed E-state index contributed by atoms with van der Waals surface area (Å²) in [7, 11) is 4.16. The Morgan fingerprint density at radius 3 is 2.81 bits per heavy atom. The van der Waals surface area contributed by atoms with E-state index in [1.807, 2.05) is 12.1 Å². The van der Waals surface area contributed by atoms with E-state index in [2.05, 4.69) is 36.6 Å². The Kier molecular flexibility index (Phi) is 5.59. The van der Waals surface area contributed by atoms with Crippen molar-refractivity contribution < 1.29 is 4.74 Å². The third-order valence-electron chi connectivity index (χ3n) is 3.41. The lowest BCUT2D eigenvalue weighted by molar-refractivity contribution is 0.318. The van der Waals surface area contributed by atoms with Crippen LogP contribution in [0.2, 0.25) is 0 Å². The number of imidazole rings is 1. The first-order chi connectivity index (χ1) is 10.2. The van der Waals surface area contributed by atoms with Gasteiger partial charge >= 0.3 is 0 Å². The van der Waals surface area contributed by atoms with Gasteiger partial charge < -0.3 is 19.9 Å². The highest BCUT2D eigenvalue weighted by atomic mass is 16.5. The summed E-state index contributed by atoms with van der Waals surface area (Å²) in [5, 5.41) is 0. The number of nitrogens with zero attached hydrogens (tertiary/aromatic N) is 3. The Balaban J connectivity index is 2.32. The molecule has 0 atom stereocenters. The van der Waals surface area contributed by atoms with Gasteiger partial charge in [0.25, 0.3) is 0 Å². The predicted molar refractivity (Wildman–Crippen MR) is 86.8 cm³/mol. The molecule has 0 unspecified atom stereocenters. The number of likely N-dealkylation sites (N-methyl/N-ethyl adjacent to an activating group) is 1. The lowest BCUT2D eigenvalue weighted by Crippen LogP contribution is -2.20. The van der Waals surface area contributed by atoms with Crippen LogP contribution in [-0.2, 0) is 13.0 Å². The first-order valence-corrected chi connectivity index (χ1v) is 7.62. The number of hydrogen-bond acceptors (Lipinski definition) is 4. The molecule has 2 rings (SSSR count). The fraction of sp³-hybridized carbons (Fsp3) is 0.562. The van der Waals surface area contributed by atoms with Crippen LogP contribution >= 0.6 is 0 Å². The number of fused-ring (bicyclic) bond motifs is 1. The van der Waals surface area contributed by atoms with Crippen LogP contribution < -0.4 is 10.5 Å². The lowest BCUT2D eigenvalue weighted by atomic mass is 10.3. The summed E-state index contributed by atoms with van der Waals surface area (Å²) in [6, 6.07) is 6.15. The van der Waals surface area contributed by atoms with E-state index >= 15 is 0 Å². The van der Waals surface area contributed by atoms with Crippen LogP contribution in [-0.4, -0.2) is 48.2 Å². The quantitative estimate of drug-likeness (QED) is 0.806. The van der Waals surface area contributed by atoms with Crippen molar-refractivity contribution in [2.75, 3.05) is 33.8 Å². The topological polar surface area (TPSA) is 56.3 Å². The monoisotopic (exact) mass is 290 g/mol. The smallest absolute Gasteiger partial charge is 0.121 e. The molecular weight excluding hydrogens is 264 g/mol. The lowest BCUT2D eigenvalue weighted by Gasteiger charge is -2.13. The van der Waals surface area contributed by atoms with Gasteiger partial charge in [0.1, 0.15) is 11.6 Å². The highest BCUT2D eigenvalue weighted by Crippen LogP contribution is 2.22. The molecule has 0 aliphatic carbocycles. The number of benzene rings is 1. The SMILES string of the molecule is CCCOc1ccc2c(c1)nc(CCN)n2CCN(C)C. The van der Waals surface area contributed by atoms with Crippen LogP contribution in [0.4, 0.5) is 0 Å². The maximum Gasteiger partial charge on any atom is 0.121 e. The van der Waals surface area contributed by atoms with Crippen LogP contribution in [0.15, 0.2) is 18.2 Å². The molecule has 0 spiro atoms. The van der Waals surface area contributed by atoms with E-state index in [4.69, 9.17) is 15.5 Å². The summed E-state index contributed by atoms with van der Waals surface area (Å²) in [4.78, 5) is 6.91. The number of ether oxygens (including phenoxy) is 1. The molecule has 0 saturated heterocycles. The van der Waals surface area contributed by atoms with Crippen molar-refractivity contribution in [2.24, 2.45) is 5.73 Å². The van der Waals surface area contributed by atoms with Crippen LogP contribution in [0.1, 0.15) is 19.2 Å². The van der Waals surface area contributed by atoms with Gasteiger partial charge in [0.2, 0.25) is 0 Å². The molecule has 0 bridgehead atoms. The first kappa shape index (κ1) is 15.8. The van der Waals surface area contributed by atoms with E-state index < -0.39 is 0 Å². The highest BCUT2D eigenvalue weighted by molar-refractivity contribution is 5.77. The van der Waals surface area contributed by atoms with E-state index in [1.54, 1.807) is 0 Å². The van der Waals surface area contributed by atoms with Crippen molar-refractivity contribution in [3.05, 3.63) is 24.0 Å². The predicted octanol–water partition coefficient (Wildman–Crippen LogP) is 1.89. The van der Waals surface area contributed by atoms with Crippen molar-refractivity contribution >= 4 is 11.0 Å². The molecule has 0 radical (unpaired) electrons. The molecule has 116 valence electrons. The normalized spacial score (nSPS) is 11.5. The number of aromatic nitrogens is 2. The van der Waals surface area contributed by atoms with Gasteiger partial charge in [-0.1, -0.05) is 6.92 Å². The fourth-order valence-corrected chi connectivity index (χ4v) is 2.34. The zero-order valence-electron chi connectivity index (χ0n) is 13.3. The molecule has 1 aromatic heterocycles. The molecule has 5 heteroatoms. The fourth-order valence-electron chi connectivity index (χ4n) is 2.34. The van der Waals surface area contributed by atoms with Gasteiger partial charge in [0.05, 0.1) is 17.6 Å². The second-order valence-corrected chi connectivity index (χ2v) is 5.52. The summed E-state index contributed by atoms with van der Waals surface area (Å²) < 4.78 is 7.96. The number of rotatable bonds is 8. The molecule has 5 nitrogen and oxygen atoms in total. The average Bonchev–Trinajstić information content (AvgIpc) is 2.80. The van der Waals surface area contributed by atoms with Gasteiger partial charge in [0.15, 0.2) is 0 Å². The Bertz CT molecular complexity index is 577. The van der Waals surface area contributed by atoms with Gasteiger partial charge in [-0.3, -0.25) is 0 Å². The van der Waals surface area contributed by atoms with Gasteiger partial charge in [-0.15, -0.1) is 0 Å². The Morgan fingerprint density at radius 1 is 1.33 bits per heavy atom. The largest absolute Gasteiger partial charge is 0.494 e. The Hall–Kier alpha value is -1.59. The molecule has 1 heterocycles. The molecule has 21 heavy (non-hydrogen) atoms. The van der Waals surface area contributed by atoms with Crippen LogP contribution in [0, 0.1) is 0 Å². The van der Waals surface area contributed by atoms with Gasteiger partial charge in [0, 0.05) is 25.6 Å². The second-order valence-electron chi connectivity index (χ2n) is 5.52. The maximum atomic E-state index is 5.71. The van der Waals surface area contributed by atoms with E-state index in [-0.39, 0.29) is 0 Å². The number of nitrogens with two attached hydrogens (primary N) is 1. The molecule has 0 saturated carbocycles. The molecule has 1 aromatic carbocycles. The molecule has 2 aromatic rings. The van der Waals surface area contributed by atoms with E-state index in [0.29, 0.717) is 6.54 Å². The minimum atomic E-state index is 0.616. The van der Waals surface area contributed by atoms with Crippen LogP contribution in [0.5, 0.6) is 5.75 Å². The van der Waals surface area contributed by atoms with Crippen molar-refractivity contribution in [3.63, 3.8) is 0 Å². The van der Waals surface area contributed by atoms with Gasteiger partial charge in [-0.25, -0.2) is 4.98 Å². The standard InChI is InChI=1S/C16H26N4O/c1-4-11-21-13-5-6-15-14(12-13)18-16(7-8-17)20(15)10-9-19(2)3/h5-6,12H,4,7-11,17H2,1-3H3. The second kappa shape index (κ2) is 7.43. The third kappa shape index (κ3) is 3.95. The minimum Gasteiger partial charge on any atom is -0.494 e. The van der Waals surface area contributed by atoms with E-state index in [1.165, 1.54) is 0 Å². The molecule has 0 aliphatic heterocycles. The summed E-state index contributed by atoms with van der Waals surface area (Å²) in [5.41, 5.74) is 7.86. The minimum absolute atomic E-state index is 0.616. The molecular formula is C16H26N4O. The maximum absolute atomic E-state index is 5.71. The highest BCUT2D eigenvalue weighted by Gasteiger charge is 2.11. The zero-order chi connectivity index (χ0) is 15.2. The van der Waals surface area contributed by atoms with Crippen molar-refractivity contribution in [2.45, 2.75) is 26.3 Å². The first-order valence-electron chi connectivity index (χ1n) is 7.62. The van der Waals surface area contributed by atoms with Crippen molar-refractivity contribution in [1.29, 1.82) is 0 Å². The Labute approximate surface area is 126 Å². The molecule has 2 N–H and O–H groups in total. The molecule has 0 amide bonds. The van der Waals surface area contributed by atoms with Crippen molar-refractivity contribution in [1.82, 2.24) is 14.5 Å². The van der Waals surface area contributed by atoms with Gasteiger partial charge in [-0.05, 0) is 39.2 Å². The van der Waals surface area contributed by atoms with Crippen LogP contribution in [0.25, 0.3) is 11.0 Å². The summed E-state index contributed by atoms with van der Waals surface area (Å²) in [6.07, 6.45) is 1.81. The average molecular weight is 290 g/mol. The summed E-state index contributed by atoms with van der Waals surface area (Å²) >= 11 is 0. The van der Waals surface area contributed by atoms with Gasteiger partial charge in [-0.2, -0.15) is 0 Å². The summed E-state index contributed by atoms with van der Waals surface area (Å²) in [5.74, 6) is 1.95. The molecule has 0 aliphatic rings. The van der Waals surface area contributed by atoms with Crippen LogP contribution in [0.3, 0.4) is 0 Å². The number of hydrogen-bond donors (Lipinski definition) is 1. The van der Waals surface area contributed by atoms with Crippen molar-refractivity contribution in [3.8, 4) is 5.75 Å². The third-order valence-corrected chi connectivity index (χ3v) is 3.41. The van der Waals surface area contributed by atoms with E-state index in [9.17, 15) is 0 Å². The van der Waals surface area contributed by atoms with E-state index in [0.717, 1.165) is 55.1 Å². The zero-order valence-corrected chi connectivity index (χ0v) is 13.3. The molecule has 0 fully saturated rings. The Morgan fingerprint density at radius 2 is 2.14 bits per heavy atom.